The summed E-state index contributed by atoms with van der Waals surface area (Å²) >= 11 is 0. The number of hydrogen-bond donors (Lipinski definition) is 1. The molecule has 2 aliphatic rings. The zero-order valence-electron chi connectivity index (χ0n) is 15.2. The normalized spacial score (nSPS) is 23.7. The van der Waals surface area contributed by atoms with Crippen molar-refractivity contribution < 1.29 is 14.3 Å². The SMILES string of the molecule is CCc1ccccc1OC1CN(C(=O)[C@@H]2CCCC[C@@H]2C(=O)NC)C1. The molecule has 5 heteroatoms. The van der Waals surface area contributed by atoms with Crippen molar-refractivity contribution in [1.82, 2.24) is 10.2 Å². The standard InChI is InChI=1S/C20H28N2O3/c1-3-14-8-4-7-11-18(14)25-15-12-22(13-15)20(24)17-10-6-5-9-16(17)19(23)21-2/h4,7-8,11,15-17H,3,5-6,9-10,12-13H2,1-2H3,(H,21,23)/t16-,17+/m0/s1. The van der Waals surface area contributed by atoms with E-state index in [-0.39, 0.29) is 29.8 Å². The molecule has 136 valence electrons. The fraction of sp³-hybridized carbons (Fsp3) is 0.600. The molecule has 25 heavy (non-hydrogen) atoms. The maximum atomic E-state index is 12.8. The number of rotatable bonds is 5. The summed E-state index contributed by atoms with van der Waals surface area (Å²) in [6, 6.07) is 8.06. The van der Waals surface area contributed by atoms with Crippen LogP contribution in [-0.2, 0) is 16.0 Å². The van der Waals surface area contributed by atoms with Gasteiger partial charge in [-0.15, -0.1) is 0 Å². The zero-order chi connectivity index (χ0) is 17.8. The fourth-order valence-corrected chi connectivity index (χ4v) is 3.94. The first-order valence-electron chi connectivity index (χ1n) is 9.39. The Labute approximate surface area is 149 Å². The number of carbonyl (C=O) groups is 2. The van der Waals surface area contributed by atoms with Gasteiger partial charge in [-0.2, -0.15) is 0 Å². The molecule has 2 fully saturated rings. The molecule has 2 atom stereocenters. The minimum Gasteiger partial charge on any atom is -0.486 e. The molecule has 1 heterocycles. The predicted molar refractivity (Wildman–Crippen MR) is 96.3 cm³/mol. The second-order valence-electron chi connectivity index (χ2n) is 7.06. The maximum Gasteiger partial charge on any atom is 0.226 e. The number of aryl methyl sites for hydroxylation is 1. The quantitative estimate of drug-likeness (QED) is 0.892. The number of amides is 2. The Bertz CT molecular complexity index is 625. The van der Waals surface area contributed by atoms with E-state index in [9.17, 15) is 9.59 Å². The summed E-state index contributed by atoms with van der Waals surface area (Å²) in [6.45, 7) is 3.35. The van der Waals surface area contributed by atoms with Gasteiger partial charge in [-0.1, -0.05) is 38.0 Å². The number of ether oxygens (including phenoxy) is 1. The Morgan fingerprint density at radius 2 is 1.84 bits per heavy atom. The molecule has 1 aliphatic heterocycles. The first kappa shape index (κ1) is 17.8. The first-order chi connectivity index (χ1) is 12.1. The third-order valence-electron chi connectivity index (χ3n) is 5.47. The Morgan fingerprint density at radius 1 is 1.16 bits per heavy atom. The second kappa shape index (κ2) is 7.89. The van der Waals surface area contributed by atoms with Gasteiger partial charge in [-0.25, -0.2) is 0 Å². The lowest BCUT2D eigenvalue weighted by Gasteiger charge is -2.42. The molecule has 1 aliphatic carbocycles. The number of para-hydroxylation sites is 1. The van der Waals surface area contributed by atoms with E-state index in [0.717, 1.165) is 37.9 Å². The highest BCUT2D eigenvalue weighted by Crippen LogP contribution is 2.33. The Balaban J connectivity index is 1.56. The van der Waals surface area contributed by atoms with Crippen LogP contribution in [0.25, 0.3) is 0 Å². The van der Waals surface area contributed by atoms with Crippen LogP contribution < -0.4 is 10.1 Å². The van der Waals surface area contributed by atoms with Gasteiger partial charge >= 0.3 is 0 Å². The lowest BCUT2D eigenvalue weighted by atomic mass is 9.77. The smallest absolute Gasteiger partial charge is 0.226 e. The lowest BCUT2D eigenvalue weighted by molar-refractivity contribution is -0.150. The number of nitrogens with one attached hydrogen (secondary N) is 1. The van der Waals surface area contributed by atoms with Crippen LogP contribution in [0.1, 0.15) is 38.2 Å². The largest absolute Gasteiger partial charge is 0.486 e. The first-order valence-corrected chi connectivity index (χ1v) is 9.39. The van der Waals surface area contributed by atoms with Crippen LogP contribution in [0.15, 0.2) is 24.3 Å². The Hall–Kier alpha value is -2.04. The van der Waals surface area contributed by atoms with Crippen LogP contribution in [-0.4, -0.2) is 43.0 Å². The molecule has 0 aromatic heterocycles. The van der Waals surface area contributed by atoms with Crippen LogP contribution in [0, 0.1) is 11.8 Å². The van der Waals surface area contributed by atoms with Crippen molar-refractivity contribution in [2.45, 2.75) is 45.1 Å². The van der Waals surface area contributed by atoms with Crippen molar-refractivity contribution in [2.75, 3.05) is 20.1 Å². The molecule has 1 N–H and O–H groups in total. The summed E-state index contributed by atoms with van der Waals surface area (Å²) in [6.07, 6.45) is 4.68. The van der Waals surface area contributed by atoms with Crippen LogP contribution in [0.3, 0.4) is 0 Å². The highest BCUT2D eigenvalue weighted by molar-refractivity contribution is 5.88. The molecular weight excluding hydrogens is 316 g/mol. The third-order valence-corrected chi connectivity index (χ3v) is 5.47. The zero-order valence-corrected chi connectivity index (χ0v) is 15.2. The monoisotopic (exact) mass is 344 g/mol. The summed E-state index contributed by atoms with van der Waals surface area (Å²) in [5, 5.41) is 2.71. The van der Waals surface area contributed by atoms with Crippen molar-refractivity contribution in [1.29, 1.82) is 0 Å². The Kier molecular flexibility index (Phi) is 5.61. The molecule has 0 unspecified atom stereocenters. The van der Waals surface area contributed by atoms with Crippen molar-refractivity contribution in [3.63, 3.8) is 0 Å². The van der Waals surface area contributed by atoms with Crippen molar-refractivity contribution in [3.05, 3.63) is 29.8 Å². The van der Waals surface area contributed by atoms with Crippen LogP contribution in [0.5, 0.6) is 5.75 Å². The van der Waals surface area contributed by atoms with E-state index in [1.165, 1.54) is 5.56 Å². The van der Waals surface area contributed by atoms with Gasteiger partial charge in [-0.3, -0.25) is 9.59 Å². The topological polar surface area (TPSA) is 58.6 Å². The van der Waals surface area contributed by atoms with E-state index in [2.05, 4.69) is 18.3 Å². The molecule has 0 bridgehead atoms. The minimum atomic E-state index is -0.174. The number of benzene rings is 1. The van der Waals surface area contributed by atoms with Crippen molar-refractivity contribution in [3.8, 4) is 5.75 Å². The van der Waals surface area contributed by atoms with E-state index >= 15 is 0 Å². The number of hydrogen-bond acceptors (Lipinski definition) is 3. The number of carbonyl (C=O) groups excluding carboxylic acids is 2. The molecule has 1 saturated heterocycles. The van der Waals surface area contributed by atoms with Gasteiger partial charge in [0.25, 0.3) is 0 Å². The molecule has 5 nitrogen and oxygen atoms in total. The van der Waals surface area contributed by atoms with Gasteiger partial charge in [0, 0.05) is 18.9 Å². The van der Waals surface area contributed by atoms with E-state index in [1.54, 1.807) is 7.05 Å². The van der Waals surface area contributed by atoms with Crippen LogP contribution >= 0.6 is 0 Å². The minimum absolute atomic E-state index is 0.00301. The van der Waals surface area contributed by atoms with Crippen molar-refractivity contribution in [2.24, 2.45) is 11.8 Å². The Morgan fingerprint density at radius 3 is 2.52 bits per heavy atom. The maximum absolute atomic E-state index is 12.8. The average molecular weight is 344 g/mol. The van der Waals surface area contributed by atoms with E-state index in [0.29, 0.717) is 13.1 Å². The molecule has 0 radical (unpaired) electrons. The summed E-state index contributed by atoms with van der Waals surface area (Å²) < 4.78 is 6.06. The highest BCUT2D eigenvalue weighted by atomic mass is 16.5. The molecule has 0 spiro atoms. The molecule has 1 aromatic carbocycles. The van der Waals surface area contributed by atoms with Gasteiger partial charge in [0.05, 0.1) is 13.1 Å². The predicted octanol–water partition coefficient (Wildman–Crippen LogP) is 2.39. The van der Waals surface area contributed by atoms with E-state index in [4.69, 9.17) is 4.74 Å². The van der Waals surface area contributed by atoms with Gasteiger partial charge in [0.1, 0.15) is 11.9 Å². The molecule has 1 saturated carbocycles. The highest BCUT2D eigenvalue weighted by Gasteiger charge is 2.41. The number of likely N-dealkylation sites (tertiary alicyclic amines) is 1. The molecular formula is C20H28N2O3. The molecule has 2 amide bonds. The fourth-order valence-electron chi connectivity index (χ4n) is 3.94. The summed E-state index contributed by atoms with van der Waals surface area (Å²) in [5.41, 5.74) is 1.19. The van der Waals surface area contributed by atoms with Crippen molar-refractivity contribution >= 4 is 11.8 Å². The average Bonchev–Trinajstić information content (AvgIpc) is 2.63. The van der Waals surface area contributed by atoms with Gasteiger partial charge in [0.2, 0.25) is 11.8 Å². The number of nitrogens with zero attached hydrogens (tertiary/aromatic N) is 1. The van der Waals surface area contributed by atoms with Gasteiger partial charge in [0.15, 0.2) is 0 Å². The summed E-state index contributed by atoms with van der Waals surface area (Å²) in [4.78, 5) is 26.8. The molecule has 3 rings (SSSR count). The lowest BCUT2D eigenvalue weighted by Crippen LogP contribution is -2.59. The second-order valence-corrected chi connectivity index (χ2v) is 7.06. The summed E-state index contributed by atoms with van der Waals surface area (Å²) in [5.74, 6) is 0.702. The summed E-state index contributed by atoms with van der Waals surface area (Å²) in [7, 11) is 1.65. The van der Waals surface area contributed by atoms with Crippen LogP contribution in [0.4, 0.5) is 0 Å². The van der Waals surface area contributed by atoms with E-state index in [1.807, 2.05) is 23.1 Å². The molecule has 1 aromatic rings. The van der Waals surface area contributed by atoms with Gasteiger partial charge in [-0.05, 0) is 30.9 Å². The third kappa shape index (κ3) is 3.80. The van der Waals surface area contributed by atoms with Gasteiger partial charge < -0.3 is 15.0 Å². The van der Waals surface area contributed by atoms with E-state index < -0.39 is 0 Å². The van der Waals surface area contributed by atoms with Crippen LogP contribution in [0.2, 0.25) is 0 Å².